The number of aryl methyl sites for hydroxylation is 1. The van der Waals surface area contributed by atoms with Gasteiger partial charge in [0.05, 0.1) is 6.10 Å². The predicted octanol–water partition coefficient (Wildman–Crippen LogP) is 3.45. The van der Waals surface area contributed by atoms with Gasteiger partial charge in [0.15, 0.2) is 0 Å². The molecule has 1 N–H and O–H groups in total. The molecule has 100 valence electrons. The summed E-state index contributed by atoms with van der Waals surface area (Å²) in [6, 6.07) is 4.87. The molecule has 0 bridgehead atoms. The Morgan fingerprint density at radius 3 is 2.83 bits per heavy atom. The van der Waals surface area contributed by atoms with E-state index in [0.717, 1.165) is 25.7 Å². The van der Waals surface area contributed by atoms with Crippen LogP contribution in [0.15, 0.2) is 18.2 Å². The highest BCUT2D eigenvalue weighted by atomic mass is 19.1. The minimum absolute atomic E-state index is 0.203. The standard InChI is InChI=1S/C15H21FO2/c1-3-11-5-7-14(17)15(8-11)18-12-6-4-10(2)13(16)9-12/h4,6,9,11,14-15,17H,3,5,7-8H2,1-2H3. The Hall–Kier alpha value is -1.09. The molecule has 3 atom stereocenters. The van der Waals surface area contributed by atoms with Crippen LogP contribution in [0.5, 0.6) is 5.75 Å². The van der Waals surface area contributed by atoms with Gasteiger partial charge in [0.25, 0.3) is 0 Å². The normalized spacial score (nSPS) is 28.1. The molecule has 3 heteroatoms. The molecular formula is C15H21FO2. The second-order valence-corrected chi connectivity index (χ2v) is 5.22. The zero-order valence-corrected chi connectivity index (χ0v) is 11.0. The summed E-state index contributed by atoms with van der Waals surface area (Å²) in [5, 5.41) is 9.95. The van der Waals surface area contributed by atoms with Gasteiger partial charge in [0.1, 0.15) is 17.7 Å². The first kappa shape index (κ1) is 13.3. The number of rotatable bonds is 3. The maximum atomic E-state index is 13.4. The molecule has 1 aliphatic carbocycles. The Bertz CT molecular complexity index is 405. The molecule has 0 amide bonds. The highest BCUT2D eigenvalue weighted by Gasteiger charge is 2.29. The van der Waals surface area contributed by atoms with Crippen molar-refractivity contribution >= 4 is 0 Å². The summed E-state index contributed by atoms with van der Waals surface area (Å²) in [6.45, 7) is 3.88. The molecular weight excluding hydrogens is 231 g/mol. The number of hydrogen-bond acceptors (Lipinski definition) is 2. The van der Waals surface area contributed by atoms with Crippen LogP contribution in [-0.4, -0.2) is 17.3 Å². The molecule has 1 saturated carbocycles. The van der Waals surface area contributed by atoms with Crippen LogP contribution in [0.25, 0.3) is 0 Å². The van der Waals surface area contributed by atoms with Crippen LogP contribution in [-0.2, 0) is 0 Å². The largest absolute Gasteiger partial charge is 0.488 e. The summed E-state index contributed by atoms with van der Waals surface area (Å²) < 4.78 is 19.2. The molecule has 2 rings (SSSR count). The first-order valence-corrected chi connectivity index (χ1v) is 6.71. The third kappa shape index (κ3) is 3.02. The lowest BCUT2D eigenvalue weighted by molar-refractivity contribution is -0.0110. The monoisotopic (exact) mass is 252 g/mol. The molecule has 18 heavy (non-hydrogen) atoms. The van der Waals surface area contributed by atoms with Crippen LogP contribution in [0.2, 0.25) is 0 Å². The molecule has 0 aromatic heterocycles. The fraction of sp³-hybridized carbons (Fsp3) is 0.600. The van der Waals surface area contributed by atoms with Gasteiger partial charge >= 0.3 is 0 Å². The molecule has 3 unspecified atom stereocenters. The summed E-state index contributed by atoms with van der Waals surface area (Å²) in [7, 11) is 0. The summed E-state index contributed by atoms with van der Waals surface area (Å²) in [4.78, 5) is 0. The minimum Gasteiger partial charge on any atom is -0.488 e. The summed E-state index contributed by atoms with van der Waals surface area (Å²) >= 11 is 0. The van der Waals surface area contributed by atoms with Crippen LogP contribution in [0.3, 0.4) is 0 Å². The molecule has 0 heterocycles. The third-order valence-corrected chi connectivity index (χ3v) is 3.87. The van der Waals surface area contributed by atoms with E-state index in [1.54, 1.807) is 19.1 Å². The SMILES string of the molecule is CCC1CCC(O)C(Oc2ccc(C)c(F)c2)C1. The molecule has 0 saturated heterocycles. The van der Waals surface area contributed by atoms with E-state index in [4.69, 9.17) is 4.74 Å². The minimum atomic E-state index is -0.433. The van der Waals surface area contributed by atoms with E-state index in [0.29, 0.717) is 17.2 Å². The zero-order chi connectivity index (χ0) is 13.1. The van der Waals surface area contributed by atoms with Crippen molar-refractivity contribution in [1.82, 2.24) is 0 Å². The van der Waals surface area contributed by atoms with E-state index < -0.39 is 6.10 Å². The Labute approximate surface area is 108 Å². The van der Waals surface area contributed by atoms with Gasteiger partial charge in [-0.1, -0.05) is 19.4 Å². The van der Waals surface area contributed by atoms with Crippen molar-refractivity contribution in [1.29, 1.82) is 0 Å². The Morgan fingerprint density at radius 1 is 1.39 bits per heavy atom. The average molecular weight is 252 g/mol. The number of aliphatic hydroxyl groups excluding tert-OH is 1. The van der Waals surface area contributed by atoms with Crippen molar-refractivity contribution in [3.05, 3.63) is 29.6 Å². The lowest BCUT2D eigenvalue weighted by Crippen LogP contribution is -2.38. The van der Waals surface area contributed by atoms with E-state index in [1.807, 2.05) is 0 Å². The van der Waals surface area contributed by atoms with Crippen molar-refractivity contribution in [2.45, 2.75) is 51.7 Å². The molecule has 0 radical (unpaired) electrons. The Kier molecular flexibility index (Phi) is 4.23. The molecule has 0 spiro atoms. The van der Waals surface area contributed by atoms with Crippen molar-refractivity contribution in [2.24, 2.45) is 5.92 Å². The fourth-order valence-corrected chi connectivity index (χ4v) is 2.51. The second kappa shape index (κ2) is 5.70. The van der Waals surface area contributed by atoms with Crippen LogP contribution in [0.4, 0.5) is 4.39 Å². The highest BCUT2D eigenvalue weighted by Crippen LogP contribution is 2.30. The molecule has 1 aromatic carbocycles. The van der Waals surface area contributed by atoms with Gasteiger partial charge in [-0.05, 0) is 43.7 Å². The van der Waals surface area contributed by atoms with Crippen LogP contribution >= 0.6 is 0 Å². The number of ether oxygens (including phenoxy) is 1. The summed E-state index contributed by atoms with van der Waals surface area (Å²) in [5.41, 5.74) is 0.609. The van der Waals surface area contributed by atoms with Crippen LogP contribution in [0.1, 0.15) is 38.2 Å². The van der Waals surface area contributed by atoms with E-state index in [1.165, 1.54) is 6.07 Å². The number of benzene rings is 1. The molecule has 0 aliphatic heterocycles. The van der Waals surface area contributed by atoms with Gasteiger partial charge in [0, 0.05) is 6.07 Å². The van der Waals surface area contributed by atoms with Crippen molar-refractivity contribution in [2.75, 3.05) is 0 Å². The molecule has 2 nitrogen and oxygen atoms in total. The molecule has 1 aromatic rings. The van der Waals surface area contributed by atoms with Crippen molar-refractivity contribution in [3.63, 3.8) is 0 Å². The predicted molar refractivity (Wildman–Crippen MR) is 69.2 cm³/mol. The topological polar surface area (TPSA) is 29.5 Å². The smallest absolute Gasteiger partial charge is 0.129 e. The van der Waals surface area contributed by atoms with Gasteiger partial charge in [-0.2, -0.15) is 0 Å². The van der Waals surface area contributed by atoms with Crippen LogP contribution in [0, 0.1) is 18.7 Å². The van der Waals surface area contributed by atoms with E-state index in [2.05, 4.69) is 6.92 Å². The first-order chi connectivity index (χ1) is 8.60. The summed E-state index contributed by atoms with van der Waals surface area (Å²) in [5.74, 6) is 0.859. The summed E-state index contributed by atoms with van der Waals surface area (Å²) in [6.07, 6.45) is 3.15. The number of hydrogen-bond donors (Lipinski definition) is 1. The van der Waals surface area contributed by atoms with E-state index in [9.17, 15) is 9.50 Å². The Balaban J connectivity index is 2.04. The van der Waals surface area contributed by atoms with Gasteiger partial charge in [-0.3, -0.25) is 0 Å². The van der Waals surface area contributed by atoms with E-state index in [-0.39, 0.29) is 11.9 Å². The Morgan fingerprint density at radius 2 is 2.17 bits per heavy atom. The first-order valence-electron chi connectivity index (χ1n) is 6.71. The quantitative estimate of drug-likeness (QED) is 0.892. The van der Waals surface area contributed by atoms with E-state index >= 15 is 0 Å². The maximum absolute atomic E-state index is 13.4. The number of halogens is 1. The van der Waals surface area contributed by atoms with Gasteiger partial charge in [0.2, 0.25) is 0 Å². The molecule has 1 fully saturated rings. The highest BCUT2D eigenvalue weighted by molar-refractivity contribution is 5.28. The van der Waals surface area contributed by atoms with Gasteiger partial charge in [-0.15, -0.1) is 0 Å². The maximum Gasteiger partial charge on any atom is 0.129 e. The van der Waals surface area contributed by atoms with Gasteiger partial charge < -0.3 is 9.84 Å². The lowest BCUT2D eigenvalue weighted by Gasteiger charge is -2.33. The van der Waals surface area contributed by atoms with Crippen molar-refractivity contribution in [3.8, 4) is 5.75 Å². The lowest BCUT2D eigenvalue weighted by atomic mass is 9.84. The fourth-order valence-electron chi connectivity index (χ4n) is 2.51. The number of aliphatic hydroxyl groups is 1. The zero-order valence-electron chi connectivity index (χ0n) is 11.0. The average Bonchev–Trinajstić information content (AvgIpc) is 2.36. The van der Waals surface area contributed by atoms with Crippen LogP contribution < -0.4 is 4.74 Å². The van der Waals surface area contributed by atoms with Gasteiger partial charge in [-0.25, -0.2) is 4.39 Å². The third-order valence-electron chi connectivity index (χ3n) is 3.87. The van der Waals surface area contributed by atoms with Crippen molar-refractivity contribution < 1.29 is 14.2 Å². The second-order valence-electron chi connectivity index (χ2n) is 5.22. The molecule has 1 aliphatic rings.